The molecule has 1 aliphatic carbocycles. The van der Waals surface area contributed by atoms with Crippen LogP contribution in [0.3, 0.4) is 0 Å². The lowest BCUT2D eigenvalue weighted by atomic mass is 9.59. The van der Waals surface area contributed by atoms with E-state index in [4.69, 9.17) is 0 Å². The SMILES string of the molecule is Bc1c(B)c(B)c(-c2ccc3c(c2)C(c2ccccc2)(c2ccccc2)c2cc(C(C)C)ccc2-3)c(B)c1B. The maximum atomic E-state index is 2.51. The summed E-state index contributed by atoms with van der Waals surface area (Å²) in [6, 6.07) is 36.7. The van der Waals surface area contributed by atoms with E-state index in [1.54, 1.807) is 0 Å². The highest BCUT2D eigenvalue weighted by Gasteiger charge is 2.46. The molecule has 0 aromatic heterocycles. The quantitative estimate of drug-likeness (QED) is 0.305. The minimum Gasteiger partial charge on any atom is -0.102 e. The number of fused-ring (bicyclic) bond motifs is 3. The van der Waals surface area contributed by atoms with E-state index in [1.165, 1.54) is 77.4 Å². The number of benzene rings is 5. The zero-order valence-electron chi connectivity index (χ0n) is 24.3. The third-order valence-corrected chi connectivity index (χ3v) is 9.53. The predicted octanol–water partition coefficient (Wildman–Crippen LogP) is 0.132. The highest BCUT2D eigenvalue weighted by Crippen LogP contribution is 2.57. The van der Waals surface area contributed by atoms with Crippen LogP contribution in [-0.4, -0.2) is 39.2 Å². The van der Waals surface area contributed by atoms with Crippen molar-refractivity contribution in [1.82, 2.24) is 0 Å². The molecular formula is C34H33B5. The van der Waals surface area contributed by atoms with E-state index < -0.39 is 0 Å². The largest absolute Gasteiger partial charge is 0.139 e. The summed E-state index contributed by atoms with van der Waals surface area (Å²) in [5.41, 5.74) is 18.8. The molecule has 0 saturated heterocycles. The van der Waals surface area contributed by atoms with Gasteiger partial charge in [0.25, 0.3) is 0 Å². The Labute approximate surface area is 238 Å². The van der Waals surface area contributed by atoms with Crippen molar-refractivity contribution in [3.8, 4) is 22.3 Å². The topological polar surface area (TPSA) is 0 Å². The Balaban J connectivity index is 1.75. The van der Waals surface area contributed by atoms with Gasteiger partial charge in [0, 0.05) is 0 Å². The molecule has 0 atom stereocenters. The summed E-state index contributed by atoms with van der Waals surface area (Å²) in [5, 5.41) is 0. The molecule has 39 heavy (non-hydrogen) atoms. The van der Waals surface area contributed by atoms with Crippen molar-refractivity contribution in [3.05, 3.63) is 125 Å². The summed E-state index contributed by atoms with van der Waals surface area (Å²) in [5.74, 6) is 0.461. The van der Waals surface area contributed by atoms with Gasteiger partial charge in [0.2, 0.25) is 0 Å². The lowest BCUT2D eigenvalue weighted by Crippen LogP contribution is -2.55. The molecular weight excluding hydrogens is 462 g/mol. The van der Waals surface area contributed by atoms with Gasteiger partial charge in [-0.25, -0.2) is 0 Å². The summed E-state index contributed by atoms with van der Waals surface area (Å²) in [6.07, 6.45) is 0. The normalized spacial score (nSPS) is 13.3. The van der Waals surface area contributed by atoms with Gasteiger partial charge in [0.1, 0.15) is 39.2 Å². The molecule has 0 fully saturated rings. The second kappa shape index (κ2) is 9.56. The van der Waals surface area contributed by atoms with E-state index in [0.717, 1.165) is 0 Å². The maximum absolute atomic E-state index is 2.51. The van der Waals surface area contributed by atoms with Crippen molar-refractivity contribution < 1.29 is 0 Å². The minimum atomic E-state index is -0.384. The van der Waals surface area contributed by atoms with Crippen LogP contribution in [0, 0.1) is 0 Å². The van der Waals surface area contributed by atoms with Gasteiger partial charge >= 0.3 is 0 Å². The summed E-state index contributed by atoms with van der Waals surface area (Å²) in [4.78, 5) is 0. The van der Waals surface area contributed by atoms with Crippen molar-refractivity contribution in [2.45, 2.75) is 25.2 Å². The van der Waals surface area contributed by atoms with Gasteiger partial charge in [-0.3, -0.25) is 0 Å². The average Bonchev–Trinajstić information content (AvgIpc) is 3.26. The molecule has 0 unspecified atom stereocenters. The first-order valence-electron chi connectivity index (χ1n) is 14.2. The van der Waals surface area contributed by atoms with Gasteiger partial charge in [-0.2, -0.15) is 0 Å². The zero-order chi connectivity index (χ0) is 27.5. The molecule has 5 heteroatoms. The van der Waals surface area contributed by atoms with Crippen LogP contribution in [0.1, 0.15) is 47.6 Å². The van der Waals surface area contributed by atoms with Crippen LogP contribution >= 0.6 is 0 Å². The summed E-state index contributed by atoms with van der Waals surface area (Å²) >= 11 is 0. The smallest absolute Gasteiger partial charge is 0.102 e. The van der Waals surface area contributed by atoms with Crippen LogP contribution in [0.4, 0.5) is 0 Å². The first-order valence-corrected chi connectivity index (χ1v) is 14.2. The summed E-state index contributed by atoms with van der Waals surface area (Å²) in [6.45, 7) is 4.59. The van der Waals surface area contributed by atoms with Crippen LogP contribution in [0.2, 0.25) is 0 Å². The van der Waals surface area contributed by atoms with Crippen LogP contribution in [0.15, 0.2) is 97.1 Å². The van der Waals surface area contributed by atoms with Crippen molar-refractivity contribution in [2.75, 3.05) is 0 Å². The van der Waals surface area contributed by atoms with Crippen molar-refractivity contribution in [2.24, 2.45) is 0 Å². The van der Waals surface area contributed by atoms with E-state index in [2.05, 4.69) is 150 Å². The highest BCUT2D eigenvalue weighted by atomic mass is 14.5. The van der Waals surface area contributed by atoms with Gasteiger partial charge in [-0.05, 0) is 62.1 Å². The second-order valence-electron chi connectivity index (χ2n) is 11.7. The Morgan fingerprint density at radius 2 is 0.974 bits per heavy atom. The Hall–Kier alpha value is -3.58. The number of hydrogen-bond acceptors (Lipinski definition) is 0. The molecule has 0 aliphatic heterocycles. The van der Waals surface area contributed by atoms with Gasteiger partial charge in [0.05, 0.1) is 5.41 Å². The maximum Gasteiger partial charge on any atom is 0.139 e. The molecule has 0 nitrogen and oxygen atoms in total. The fourth-order valence-electron chi connectivity index (χ4n) is 6.95. The third-order valence-electron chi connectivity index (χ3n) is 9.53. The first kappa shape index (κ1) is 25.7. The lowest BCUT2D eigenvalue weighted by molar-refractivity contribution is 0.762. The summed E-state index contributed by atoms with van der Waals surface area (Å²) in [7, 11) is 11.4. The monoisotopic (exact) mass is 496 g/mol. The van der Waals surface area contributed by atoms with Crippen LogP contribution < -0.4 is 27.3 Å². The lowest BCUT2D eigenvalue weighted by Gasteiger charge is -2.34. The van der Waals surface area contributed by atoms with Gasteiger partial charge in [-0.15, -0.1) is 16.4 Å². The number of rotatable bonds is 4. The Morgan fingerprint density at radius 3 is 1.49 bits per heavy atom. The Kier molecular flexibility index (Phi) is 6.30. The average molecular weight is 496 g/mol. The standard InChI is InChI=1S/C34H33B5/c1-19(2)20-13-15-24-25-16-14-21(28-29(35)31(37)33(39)32(38)30(28)36)18-27(25)34(26(24)17-20,22-9-5-3-6-10-22)23-11-7-4-8-12-23/h3-19H,35-39H2,1-2H3. The van der Waals surface area contributed by atoms with E-state index in [0.29, 0.717) is 5.92 Å². The minimum absolute atomic E-state index is 0.384. The van der Waals surface area contributed by atoms with Crippen LogP contribution in [0.5, 0.6) is 0 Å². The molecule has 0 heterocycles. The highest BCUT2D eigenvalue weighted by molar-refractivity contribution is 6.68. The fourth-order valence-corrected chi connectivity index (χ4v) is 6.95. The molecule has 5 aromatic carbocycles. The molecule has 0 bridgehead atoms. The fraction of sp³-hybridized carbons (Fsp3) is 0.118. The van der Waals surface area contributed by atoms with Crippen molar-refractivity contribution in [3.63, 3.8) is 0 Å². The zero-order valence-corrected chi connectivity index (χ0v) is 24.3. The second-order valence-corrected chi connectivity index (χ2v) is 11.7. The molecule has 184 valence electrons. The van der Waals surface area contributed by atoms with Crippen molar-refractivity contribution in [1.29, 1.82) is 0 Å². The van der Waals surface area contributed by atoms with E-state index >= 15 is 0 Å². The van der Waals surface area contributed by atoms with Gasteiger partial charge in [-0.1, -0.05) is 116 Å². The first-order chi connectivity index (χ1) is 18.8. The predicted molar refractivity (Wildman–Crippen MR) is 184 cm³/mol. The van der Waals surface area contributed by atoms with E-state index in [1.807, 2.05) is 0 Å². The molecule has 0 N–H and O–H groups in total. The van der Waals surface area contributed by atoms with E-state index in [9.17, 15) is 0 Å². The van der Waals surface area contributed by atoms with Gasteiger partial charge < -0.3 is 0 Å². The molecule has 0 amide bonds. The molecule has 0 radical (unpaired) electrons. The van der Waals surface area contributed by atoms with Crippen LogP contribution in [0.25, 0.3) is 22.3 Å². The van der Waals surface area contributed by atoms with Crippen LogP contribution in [-0.2, 0) is 5.41 Å². The molecule has 0 spiro atoms. The number of hydrogen-bond donors (Lipinski definition) is 0. The molecule has 0 saturated carbocycles. The third kappa shape index (κ3) is 3.74. The van der Waals surface area contributed by atoms with Crippen molar-refractivity contribution >= 4 is 66.5 Å². The molecule has 5 aromatic rings. The molecule has 6 rings (SSSR count). The van der Waals surface area contributed by atoms with E-state index in [-0.39, 0.29) is 5.41 Å². The summed E-state index contributed by atoms with van der Waals surface area (Å²) < 4.78 is 0. The molecule has 1 aliphatic rings. The van der Waals surface area contributed by atoms with Gasteiger partial charge in [0.15, 0.2) is 0 Å². The Bertz CT molecular complexity index is 1650. The Morgan fingerprint density at radius 1 is 0.513 bits per heavy atom.